The summed E-state index contributed by atoms with van der Waals surface area (Å²) < 4.78 is 12.7. The van der Waals surface area contributed by atoms with E-state index in [4.69, 9.17) is 9.16 Å². The van der Waals surface area contributed by atoms with Gasteiger partial charge in [-0.15, -0.1) is 0 Å². The van der Waals surface area contributed by atoms with E-state index in [9.17, 15) is 0 Å². The van der Waals surface area contributed by atoms with Gasteiger partial charge in [0.05, 0.1) is 6.10 Å². The average Bonchev–Trinajstić information content (AvgIpc) is 2.74. The van der Waals surface area contributed by atoms with Crippen LogP contribution in [-0.4, -0.2) is 28.4 Å². The van der Waals surface area contributed by atoms with Crippen molar-refractivity contribution in [2.75, 3.05) is 13.2 Å². The van der Waals surface area contributed by atoms with Crippen molar-refractivity contribution in [3.05, 3.63) is 60.7 Å². The zero-order valence-electron chi connectivity index (χ0n) is 16.7. The SMILES string of the molecule is CCCCCOC1CCC(CO[SiH](c2ccccc2)c2ccccc2)CC1. The van der Waals surface area contributed by atoms with Crippen molar-refractivity contribution in [3.8, 4) is 0 Å². The molecule has 1 aliphatic rings. The number of unbranched alkanes of at least 4 members (excludes halogenated alkanes) is 2. The Hall–Kier alpha value is -1.42. The highest BCUT2D eigenvalue weighted by Crippen LogP contribution is 2.26. The third kappa shape index (κ3) is 6.60. The number of hydrogen-bond acceptors (Lipinski definition) is 2. The molecule has 0 atom stereocenters. The summed E-state index contributed by atoms with van der Waals surface area (Å²) in [5.41, 5.74) is 0. The molecule has 146 valence electrons. The molecule has 0 aliphatic heterocycles. The Kier molecular flexibility index (Phi) is 8.60. The molecule has 27 heavy (non-hydrogen) atoms. The topological polar surface area (TPSA) is 18.5 Å². The van der Waals surface area contributed by atoms with E-state index < -0.39 is 9.04 Å². The van der Waals surface area contributed by atoms with Crippen molar-refractivity contribution >= 4 is 19.4 Å². The first-order valence-corrected chi connectivity index (χ1v) is 12.3. The number of hydrogen-bond donors (Lipinski definition) is 0. The highest BCUT2D eigenvalue weighted by atomic mass is 28.3. The van der Waals surface area contributed by atoms with E-state index in [0.29, 0.717) is 12.0 Å². The molecule has 0 spiro atoms. The third-order valence-corrected chi connectivity index (χ3v) is 8.11. The van der Waals surface area contributed by atoms with Gasteiger partial charge < -0.3 is 9.16 Å². The molecule has 0 unspecified atom stereocenters. The summed E-state index contributed by atoms with van der Waals surface area (Å²) in [7, 11) is -1.59. The molecule has 2 nitrogen and oxygen atoms in total. The summed E-state index contributed by atoms with van der Waals surface area (Å²) in [6.45, 7) is 4.08. The Morgan fingerprint density at radius 3 is 1.96 bits per heavy atom. The van der Waals surface area contributed by atoms with Crippen molar-refractivity contribution in [2.24, 2.45) is 5.92 Å². The van der Waals surface area contributed by atoms with Crippen LogP contribution in [0.25, 0.3) is 0 Å². The standard InChI is InChI=1S/C24H34O2Si/c1-2-3-10-19-25-22-17-15-21(16-18-22)20-26-27(23-11-6-4-7-12-23)24-13-8-5-9-14-24/h4-9,11-14,21-22,27H,2-3,10,15-20H2,1H3. The molecular weight excluding hydrogens is 348 g/mol. The number of benzene rings is 2. The maximum Gasteiger partial charge on any atom is 0.239 e. The largest absolute Gasteiger partial charge is 0.411 e. The molecule has 3 heteroatoms. The second-order valence-electron chi connectivity index (χ2n) is 7.76. The first kappa shape index (κ1) is 20.3. The molecule has 1 saturated carbocycles. The van der Waals surface area contributed by atoms with Crippen LogP contribution in [0.2, 0.25) is 0 Å². The molecule has 0 radical (unpaired) electrons. The minimum atomic E-state index is -1.59. The summed E-state index contributed by atoms with van der Waals surface area (Å²) in [5.74, 6) is 0.683. The number of rotatable bonds is 10. The van der Waals surface area contributed by atoms with Gasteiger partial charge in [-0.25, -0.2) is 0 Å². The van der Waals surface area contributed by atoms with Gasteiger partial charge >= 0.3 is 0 Å². The van der Waals surface area contributed by atoms with E-state index >= 15 is 0 Å². The van der Waals surface area contributed by atoms with Crippen LogP contribution in [0.3, 0.4) is 0 Å². The summed E-state index contributed by atoms with van der Waals surface area (Å²) in [6.07, 6.45) is 9.11. The summed E-state index contributed by atoms with van der Waals surface area (Å²) in [4.78, 5) is 0. The van der Waals surface area contributed by atoms with Crippen molar-refractivity contribution in [3.63, 3.8) is 0 Å². The summed E-state index contributed by atoms with van der Waals surface area (Å²) >= 11 is 0. The minimum absolute atomic E-state index is 0.481. The molecule has 2 aromatic carbocycles. The van der Waals surface area contributed by atoms with Crippen LogP contribution in [0.15, 0.2) is 60.7 Å². The fourth-order valence-corrected chi connectivity index (χ4v) is 6.32. The third-order valence-electron chi connectivity index (χ3n) is 5.60. The van der Waals surface area contributed by atoms with Gasteiger partial charge in [-0.05, 0) is 48.4 Å². The zero-order valence-corrected chi connectivity index (χ0v) is 17.8. The molecule has 0 N–H and O–H groups in total. The Labute approximate surface area is 166 Å². The van der Waals surface area contributed by atoms with Gasteiger partial charge in [0.1, 0.15) is 0 Å². The van der Waals surface area contributed by atoms with Crippen molar-refractivity contribution in [2.45, 2.75) is 58.0 Å². The average molecular weight is 383 g/mol. The lowest BCUT2D eigenvalue weighted by molar-refractivity contribution is 0.0112. The van der Waals surface area contributed by atoms with Crippen molar-refractivity contribution in [1.82, 2.24) is 0 Å². The van der Waals surface area contributed by atoms with Crippen LogP contribution in [-0.2, 0) is 9.16 Å². The van der Waals surface area contributed by atoms with Crippen LogP contribution < -0.4 is 10.4 Å². The van der Waals surface area contributed by atoms with Crippen LogP contribution >= 0.6 is 0 Å². The molecule has 2 aromatic rings. The molecule has 3 rings (SSSR count). The van der Waals surface area contributed by atoms with E-state index in [1.54, 1.807) is 0 Å². The van der Waals surface area contributed by atoms with Crippen molar-refractivity contribution < 1.29 is 9.16 Å². The fraction of sp³-hybridized carbons (Fsp3) is 0.500. The smallest absolute Gasteiger partial charge is 0.239 e. The van der Waals surface area contributed by atoms with Gasteiger partial charge in [-0.3, -0.25) is 0 Å². The highest BCUT2D eigenvalue weighted by Gasteiger charge is 2.24. The van der Waals surface area contributed by atoms with E-state index in [1.165, 1.54) is 55.3 Å². The van der Waals surface area contributed by atoms with Gasteiger partial charge in [-0.1, -0.05) is 80.4 Å². The van der Waals surface area contributed by atoms with Crippen LogP contribution in [0.4, 0.5) is 0 Å². The van der Waals surface area contributed by atoms with Gasteiger partial charge in [0.25, 0.3) is 0 Å². The molecular formula is C24H34O2Si. The lowest BCUT2D eigenvalue weighted by Crippen LogP contribution is -2.46. The van der Waals surface area contributed by atoms with Crippen LogP contribution in [0, 0.1) is 5.92 Å². The Bertz CT molecular complexity index is 584. The molecule has 0 amide bonds. The lowest BCUT2D eigenvalue weighted by atomic mass is 9.88. The molecule has 0 bridgehead atoms. The predicted molar refractivity (Wildman–Crippen MR) is 116 cm³/mol. The maximum absolute atomic E-state index is 6.60. The first-order chi connectivity index (χ1) is 13.4. The van der Waals surface area contributed by atoms with Gasteiger partial charge in [0, 0.05) is 13.2 Å². The van der Waals surface area contributed by atoms with Crippen molar-refractivity contribution in [1.29, 1.82) is 0 Å². The number of ether oxygens (including phenoxy) is 1. The molecule has 0 saturated heterocycles. The highest BCUT2D eigenvalue weighted by molar-refractivity contribution is 6.80. The van der Waals surface area contributed by atoms with Gasteiger partial charge in [-0.2, -0.15) is 0 Å². The van der Waals surface area contributed by atoms with E-state index in [2.05, 4.69) is 67.6 Å². The molecule has 1 aliphatic carbocycles. The fourth-order valence-electron chi connectivity index (χ4n) is 3.94. The monoisotopic (exact) mass is 382 g/mol. The van der Waals surface area contributed by atoms with Gasteiger partial charge in [0.2, 0.25) is 9.04 Å². The Balaban J connectivity index is 1.49. The first-order valence-electron chi connectivity index (χ1n) is 10.7. The van der Waals surface area contributed by atoms with Crippen LogP contribution in [0.1, 0.15) is 51.9 Å². The molecule has 0 heterocycles. The second kappa shape index (κ2) is 11.4. The quantitative estimate of drug-likeness (QED) is 0.450. The molecule has 1 fully saturated rings. The molecule has 0 aromatic heterocycles. The second-order valence-corrected chi connectivity index (χ2v) is 10.2. The van der Waals surface area contributed by atoms with Crippen LogP contribution in [0.5, 0.6) is 0 Å². The van der Waals surface area contributed by atoms with E-state index in [1.807, 2.05) is 0 Å². The van der Waals surface area contributed by atoms with Gasteiger partial charge in [0.15, 0.2) is 0 Å². The maximum atomic E-state index is 6.60. The Morgan fingerprint density at radius 2 is 1.41 bits per heavy atom. The lowest BCUT2D eigenvalue weighted by Gasteiger charge is -2.30. The summed E-state index contributed by atoms with van der Waals surface area (Å²) in [6, 6.07) is 21.6. The summed E-state index contributed by atoms with van der Waals surface area (Å²) in [5, 5.41) is 2.74. The minimum Gasteiger partial charge on any atom is -0.411 e. The normalized spacial score (nSPS) is 20.1. The Morgan fingerprint density at radius 1 is 0.815 bits per heavy atom. The van der Waals surface area contributed by atoms with E-state index in [0.717, 1.165) is 13.2 Å². The zero-order chi connectivity index (χ0) is 18.7. The predicted octanol–water partition coefficient (Wildman–Crippen LogP) is 4.31. The van der Waals surface area contributed by atoms with E-state index in [-0.39, 0.29) is 0 Å².